The van der Waals surface area contributed by atoms with Gasteiger partial charge in [-0.25, -0.2) is 9.69 Å². The van der Waals surface area contributed by atoms with Crippen LogP contribution >= 0.6 is 0 Å². The largest absolute Gasteiger partial charge is 0.494 e. The van der Waals surface area contributed by atoms with Crippen LogP contribution in [0.1, 0.15) is 36.5 Å². The average Bonchev–Trinajstić information content (AvgIpc) is 2.96. The Balaban J connectivity index is 1.40. The van der Waals surface area contributed by atoms with E-state index in [2.05, 4.69) is 36.5 Å². The number of nitrogens with zero attached hydrogens (tertiary/aromatic N) is 1. The number of unbranched alkanes of at least 4 members (excludes halogenated alkanes) is 1. The van der Waals surface area contributed by atoms with Crippen molar-refractivity contribution in [3.8, 4) is 11.5 Å². The fraction of sp³-hybridized carbons (Fsp3) is 0.182. The van der Waals surface area contributed by atoms with Gasteiger partial charge in [0.05, 0.1) is 12.3 Å². The van der Waals surface area contributed by atoms with Crippen LogP contribution < -0.4 is 19.7 Å². The van der Waals surface area contributed by atoms with E-state index in [1.807, 2.05) is 25.1 Å². The second-order valence-electron chi connectivity index (χ2n) is 9.56. The fourth-order valence-electron chi connectivity index (χ4n) is 4.59. The van der Waals surface area contributed by atoms with E-state index in [0.29, 0.717) is 36.0 Å². The maximum Gasteiger partial charge on any atom is 0.335 e. The number of imide groups is 2. The number of benzene rings is 4. The molecule has 4 aromatic rings. The summed E-state index contributed by atoms with van der Waals surface area (Å²) in [7, 11) is 0. The number of carbonyl (C=O) groups is 3. The average molecular weight is 535 g/mol. The normalized spacial score (nSPS) is 14.5. The lowest BCUT2D eigenvalue weighted by Gasteiger charge is -2.26. The zero-order chi connectivity index (χ0) is 28.1. The van der Waals surface area contributed by atoms with Gasteiger partial charge in [0.1, 0.15) is 23.7 Å². The predicted molar refractivity (Wildman–Crippen MR) is 155 cm³/mol. The van der Waals surface area contributed by atoms with Crippen molar-refractivity contribution in [3.63, 3.8) is 0 Å². The van der Waals surface area contributed by atoms with Crippen LogP contribution in [0.15, 0.2) is 90.5 Å². The number of rotatable bonds is 9. The molecule has 0 aliphatic carbocycles. The highest BCUT2D eigenvalue weighted by molar-refractivity contribution is 6.39. The molecule has 7 nitrogen and oxygen atoms in total. The molecule has 7 heteroatoms. The van der Waals surface area contributed by atoms with E-state index in [0.717, 1.165) is 39.6 Å². The first-order chi connectivity index (χ1) is 19.5. The number of para-hydroxylation sites is 1. The van der Waals surface area contributed by atoms with Gasteiger partial charge in [-0.05, 0) is 66.1 Å². The summed E-state index contributed by atoms with van der Waals surface area (Å²) in [5.74, 6) is -0.319. The molecule has 1 aliphatic heterocycles. The molecule has 0 bridgehead atoms. The minimum absolute atomic E-state index is 0.166. The second-order valence-corrected chi connectivity index (χ2v) is 9.56. The number of amides is 4. The smallest absolute Gasteiger partial charge is 0.335 e. The number of hydrogen-bond acceptors (Lipinski definition) is 5. The topological polar surface area (TPSA) is 84.9 Å². The Morgan fingerprint density at radius 1 is 0.850 bits per heavy atom. The van der Waals surface area contributed by atoms with Crippen LogP contribution in [0.5, 0.6) is 11.5 Å². The zero-order valence-electron chi connectivity index (χ0n) is 22.5. The lowest BCUT2D eigenvalue weighted by atomic mass is 10.0. The maximum absolute atomic E-state index is 13.4. The molecule has 0 spiro atoms. The van der Waals surface area contributed by atoms with Gasteiger partial charge in [-0.2, -0.15) is 0 Å². The van der Waals surface area contributed by atoms with Crippen LogP contribution in [-0.2, 0) is 16.2 Å². The van der Waals surface area contributed by atoms with Crippen molar-refractivity contribution < 1.29 is 23.9 Å². The van der Waals surface area contributed by atoms with Gasteiger partial charge < -0.3 is 9.47 Å². The van der Waals surface area contributed by atoms with Crippen molar-refractivity contribution in [1.82, 2.24) is 5.32 Å². The first-order valence-electron chi connectivity index (χ1n) is 13.3. The summed E-state index contributed by atoms with van der Waals surface area (Å²) in [6.45, 7) is 5.02. The third-order valence-electron chi connectivity index (χ3n) is 6.83. The van der Waals surface area contributed by atoms with Crippen molar-refractivity contribution in [2.45, 2.75) is 33.3 Å². The van der Waals surface area contributed by atoms with Gasteiger partial charge in [0.2, 0.25) is 0 Å². The molecule has 0 atom stereocenters. The second kappa shape index (κ2) is 11.9. The zero-order valence-corrected chi connectivity index (χ0v) is 22.5. The molecule has 202 valence electrons. The quantitative estimate of drug-likeness (QED) is 0.149. The Hall–Kier alpha value is -4.91. The van der Waals surface area contributed by atoms with Crippen LogP contribution in [0.2, 0.25) is 0 Å². The SMILES string of the molecule is CCCCOc1ccc(N2C(=O)NC(=O)/C(=C/c3ccccc3OCc3c(C)ccc4ccccc34)C2=O)cc1. The summed E-state index contributed by atoms with van der Waals surface area (Å²) in [4.78, 5) is 39.8. The van der Waals surface area contributed by atoms with E-state index in [1.54, 1.807) is 42.5 Å². The number of carbonyl (C=O) groups excluding carboxylic acids is 3. The molecule has 0 radical (unpaired) electrons. The molecule has 1 saturated heterocycles. The number of barbiturate groups is 1. The molecule has 0 aromatic heterocycles. The number of aryl methyl sites for hydroxylation is 1. The molecule has 1 aliphatic rings. The highest BCUT2D eigenvalue weighted by Crippen LogP contribution is 2.29. The van der Waals surface area contributed by atoms with Crippen LogP contribution in [0.4, 0.5) is 10.5 Å². The van der Waals surface area contributed by atoms with Crippen molar-refractivity contribution in [3.05, 3.63) is 107 Å². The van der Waals surface area contributed by atoms with Gasteiger partial charge in [0, 0.05) is 11.1 Å². The molecule has 0 saturated carbocycles. The van der Waals surface area contributed by atoms with Crippen molar-refractivity contribution in [1.29, 1.82) is 0 Å². The minimum atomic E-state index is -0.803. The fourth-order valence-corrected chi connectivity index (χ4v) is 4.59. The number of urea groups is 1. The highest BCUT2D eigenvalue weighted by atomic mass is 16.5. The number of hydrogen-bond donors (Lipinski definition) is 1. The molecule has 40 heavy (non-hydrogen) atoms. The Labute approximate surface area is 233 Å². The summed E-state index contributed by atoms with van der Waals surface area (Å²) in [6, 6.07) is 25.3. The van der Waals surface area contributed by atoms with Gasteiger partial charge in [-0.3, -0.25) is 14.9 Å². The molecule has 5 rings (SSSR count). The van der Waals surface area contributed by atoms with Gasteiger partial charge in [-0.1, -0.05) is 67.9 Å². The Morgan fingerprint density at radius 2 is 1.60 bits per heavy atom. The van der Waals surface area contributed by atoms with Crippen LogP contribution in [0.25, 0.3) is 16.8 Å². The summed E-state index contributed by atoms with van der Waals surface area (Å²) < 4.78 is 11.9. The molecule has 1 heterocycles. The number of ether oxygens (including phenoxy) is 2. The Kier molecular flexibility index (Phi) is 7.92. The van der Waals surface area contributed by atoms with Crippen molar-refractivity contribution >= 4 is 40.4 Å². The van der Waals surface area contributed by atoms with E-state index in [-0.39, 0.29) is 5.57 Å². The van der Waals surface area contributed by atoms with E-state index in [4.69, 9.17) is 9.47 Å². The van der Waals surface area contributed by atoms with E-state index >= 15 is 0 Å². The third-order valence-corrected chi connectivity index (χ3v) is 6.83. The lowest BCUT2D eigenvalue weighted by Crippen LogP contribution is -2.54. The maximum atomic E-state index is 13.4. The van der Waals surface area contributed by atoms with Gasteiger partial charge in [-0.15, -0.1) is 0 Å². The molecule has 4 amide bonds. The van der Waals surface area contributed by atoms with E-state index in [1.165, 1.54) is 6.08 Å². The van der Waals surface area contributed by atoms with E-state index < -0.39 is 17.8 Å². The molecule has 4 aromatic carbocycles. The Bertz CT molecular complexity index is 1610. The summed E-state index contributed by atoms with van der Waals surface area (Å²) in [6.07, 6.45) is 3.41. The van der Waals surface area contributed by atoms with Gasteiger partial charge in [0.15, 0.2) is 0 Å². The molecule has 1 N–H and O–H groups in total. The van der Waals surface area contributed by atoms with Gasteiger partial charge >= 0.3 is 6.03 Å². The van der Waals surface area contributed by atoms with Crippen LogP contribution in [-0.4, -0.2) is 24.5 Å². The van der Waals surface area contributed by atoms with Crippen LogP contribution in [0, 0.1) is 6.92 Å². The molecular formula is C33H30N2O5. The third kappa shape index (κ3) is 5.59. The van der Waals surface area contributed by atoms with Gasteiger partial charge in [0.25, 0.3) is 11.8 Å². The first-order valence-corrected chi connectivity index (χ1v) is 13.3. The van der Waals surface area contributed by atoms with Crippen molar-refractivity contribution in [2.75, 3.05) is 11.5 Å². The van der Waals surface area contributed by atoms with Crippen LogP contribution in [0.3, 0.4) is 0 Å². The standard InChI is InChI=1S/C33H30N2O5/c1-3-4-19-39-26-17-15-25(16-18-26)35-32(37)28(31(36)34-33(35)38)20-24-10-6-8-12-30(24)40-21-29-22(2)13-14-23-9-5-7-11-27(23)29/h5-18,20H,3-4,19,21H2,1-2H3,(H,34,36,38)/b28-20-. The number of anilines is 1. The lowest BCUT2D eigenvalue weighted by molar-refractivity contribution is -0.122. The number of nitrogens with one attached hydrogen (secondary N) is 1. The first kappa shape index (κ1) is 26.7. The summed E-state index contributed by atoms with van der Waals surface area (Å²) in [5.41, 5.74) is 2.88. The minimum Gasteiger partial charge on any atom is -0.494 e. The summed E-state index contributed by atoms with van der Waals surface area (Å²) in [5, 5.41) is 4.51. The highest BCUT2D eigenvalue weighted by Gasteiger charge is 2.37. The molecule has 0 unspecified atom stereocenters. The molecule has 1 fully saturated rings. The summed E-state index contributed by atoms with van der Waals surface area (Å²) >= 11 is 0. The number of fused-ring (bicyclic) bond motifs is 1. The van der Waals surface area contributed by atoms with E-state index in [9.17, 15) is 14.4 Å². The molecular weight excluding hydrogens is 504 g/mol. The Morgan fingerprint density at radius 3 is 2.40 bits per heavy atom. The predicted octanol–water partition coefficient (Wildman–Crippen LogP) is 6.57. The monoisotopic (exact) mass is 534 g/mol. The van der Waals surface area contributed by atoms with Crippen molar-refractivity contribution in [2.24, 2.45) is 0 Å².